The topological polar surface area (TPSA) is 75.6 Å². The third kappa shape index (κ3) is 2.55. The van der Waals surface area contributed by atoms with E-state index in [9.17, 15) is 4.79 Å². The average molecular weight is 281 g/mol. The Labute approximate surface area is 121 Å². The van der Waals surface area contributed by atoms with Gasteiger partial charge in [0.2, 0.25) is 0 Å². The smallest absolute Gasteiger partial charge is 0.277 e. The number of hydrogen-bond donors (Lipinski definition) is 2. The number of para-hydroxylation sites is 1. The number of carbonyl (C=O) groups is 1. The molecule has 0 aliphatic heterocycles. The first-order chi connectivity index (χ1) is 10.1. The van der Waals surface area contributed by atoms with Gasteiger partial charge in [0.1, 0.15) is 0 Å². The monoisotopic (exact) mass is 281 g/mol. The largest absolute Gasteiger partial charge is 0.303 e. The second kappa shape index (κ2) is 5.24. The summed E-state index contributed by atoms with van der Waals surface area (Å²) in [5.41, 5.74) is 3.10. The Kier molecular flexibility index (Phi) is 3.27. The molecule has 2 N–H and O–H groups in total. The van der Waals surface area contributed by atoms with E-state index in [-0.39, 0.29) is 5.91 Å². The zero-order valence-corrected chi connectivity index (χ0v) is 11.8. The summed E-state index contributed by atoms with van der Waals surface area (Å²) in [4.78, 5) is 12.2. The summed E-state index contributed by atoms with van der Waals surface area (Å²) < 4.78 is 1.66. The highest BCUT2D eigenvalue weighted by Gasteiger charge is 2.14. The van der Waals surface area contributed by atoms with Gasteiger partial charge in [0.15, 0.2) is 11.5 Å². The minimum absolute atomic E-state index is 0.278. The maximum atomic E-state index is 12.2. The SMILES string of the molecule is Cc1[nH]nc(NC(=O)c2ccn(-c3ccccc3)n2)c1C. The highest BCUT2D eigenvalue weighted by atomic mass is 16.2. The number of nitrogens with one attached hydrogen (secondary N) is 2. The van der Waals surface area contributed by atoms with Crippen LogP contribution in [0.3, 0.4) is 0 Å². The van der Waals surface area contributed by atoms with Crippen molar-refractivity contribution in [2.75, 3.05) is 5.32 Å². The van der Waals surface area contributed by atoms with Crippen LogP contribution in [0.2, 0.25) is 0 Å². The van der Waals surface area contributed by atoms with Crippen LogP contribution in [0.1, 0.15) is 21.7 Å². The van der Waals surface area contributed by atoms with Crippen molar-refractivity contribution in [2.24, 2.45) is 0 Å². The van der Waals surface area contributed by atoms with Crippen molar-refractivity contribution in [3.63, 3.8) is 0 Å². The molecule has 3 aromatic rings. The van der Waals surface area contributed by atoms with Crippen molar-refractivity contribution in [1.29, 1.82) is 0 Å². The summed E-state index contributed by atoms with van der Waals surface area (Å²) in [6, 6.07) is 11.3. The summed E-state index contributed by atoms with van der Waals surface area (Å²) >= 11 is 0. The average Bonchev–Trinajstić information content (AvgIpc) is 3.11. The van der Waals surface area contributed by atoms with Crippen molar-refractivity contribution < 1.29 is 4.79 Å². The van der Waals surface area contributed by atoms with Gasteiger partial charge in [-0.3, -0.25) is 9.89 Å². The first-order valence-corrected chi connectivity index (χ1v) is 6.59. The van der Waals surface area contributed by atoms with Gasteiger partial charge in [-0.15, -0.1) is 0 Å². The van der Waals surface area contributed by atoms with E-state index in [1.54, 1.807) is 16.9 Å². The van der Waals surface area contributed by atoms with Gasteiger partial charge in [-0.2, -0.15) is 10.2 Å². The number of aryl methyl sites for hydroxylation is 1. The predicted octanol–water partition coefficient (Wildman–Crippen LogP) is 2.46. The molecule has 0 spiro atoms. The van der Waals surface area contributed by atoms with E-state index in [4.69, 9.17) is 0 Å². The summed E-state index contributed by atoms with van der Waals surface area (Å²) in [7, 11) is 0. The van der Waals surface area contributed by atoms with Crippen LogP contribution in [-0.2, 0) is 0 Å². The van der Waals surface area contributed by atoms with Crippen molar-refractivity contribution in [3.05, 3.63) is 59.5 Å². The normalized spacial score (nSPS) is 10.6. The fraction of sp³-hybridized carbons (Fsp3) is 0.133. The molecule has 0 fully saturated rings. The van der Waals surface area contributed by atoms with Gasteiger partial charge in [-0.05, 0) is 32.0 Å². The van der Waals surface area contributed by atoms with E-state index >= 15 is 0 Å². The quantitative estimate of drug-likeness (QED) is 0.774. The maximum Gasteiger partial charge on any atom is 0.277 e. The lowest BCUT2D eigenvalue weighted by Gasteiger charge is -2.01. The van der Waals surface area contributed by atoms with Gasteiger partial charge in [0, 0.05) is 17.5 Å². The van der Waals surface area contributed by atoms with E-state index < -0.39 is 0 Å². The molecule has 0 aliphatic carbocycles. The molecule has 6 heteroatoms. The number of H-pyrrole nitrogens is 1. The number of aromatic nitrogens is 4. The second-order valence-electron chi connectivity index (χ2n) is 4.76. The number of nitrogens with zero attached hydrogens (tertiary/aromatic N) is 3. The molecule has 106 valence electrons. The van der Waals surface area contributed by atoms with E-state index in [2.05, 4.69) is 20.6 Å². The lowest BCUT2D eigenvalue weighted by atomic mass is 10.3. The molecule has 2 aromatic heterocycles. The molecule has 3 rings (SSSR count). The molecule has 0 atom stereocenters. The lowest BCUT2D eigenvalue weighted by Crippen LogP contribution is -2.14. The fourth-order valence-electron chi connectivity index (χ4n) is 1.95. The molecular weight excluding hydrogens is 266 g/mol. The fourth-order valence-corrected chi connectivity index (χ4v) is 1.95. The zero-order chi connectivity index (χ0) is 14.8. The lowest BCUT2D eigenvalue weighted by molar-refractivity contribution is 0.102. The number of hydrogen-bond acceptors (Lipinski definition) is 3. The van der Waals surface area contributed by atoms with Gasteiger partial charge in [-0.25, -0.2) is 4.68 Å². The van der Waals surface area contributed by atoms with Gasteiger partial charge in [0.05, 0.1) is 5.69 Å². The van der Waals surface area contributed by atoms with Crippen molar-refractivity contribution in [3.8, 4) is 5.69 Å². The predicted molar refractivity (Wildman–Crippen MR) is 79.6 cm³/mol. The third-order valence-corrected chi connectivity index (χ3v) is 3.33. The third-order valence-electron chi connectivity index (χ3n) is 3.33. The Morgan fingerprint density at radius 1 is 1.19 bits per heavy atom. The van der Waals surface area contributed by atoms with Gasteiger partial charge < -0.3 is 5.32 Å². The van der Waals surface area contributed by atoms with Crippen molar-refractivity contribution in [1.82, 2.24) is 20.0 Å². The Morgan fingerprint density at radius 2 is 1.95 bits per heavy atom. The van der Waals surface area contributed by atoms with Gasteiger partial charge >= 0.3 is 0 Å². The Balaban J connectivity index is 1.80. The number of amides is 1. The molecule has 0 radical (unpaired) electrons. The van der Waals surface area contributed by atoms with Crippen molar-refractivity contribution in [2.45, 2.75) is 13.8 Å². The molecule has 6 nitrogen and oxygen atoms in total. The molecule has 0 aliphatic rings. The first kappa shape index (κ1) is 13.1. The maximum absolute atomic E-state index is 12.2. The Bertz CT molecular complexity index is 772. The van der Waals surface area contributed by atoms with Crippen LogP contribution in [0.4, 0.5) is 5.82 Å². The Morgan fingerprint density at radius 3 is 2.62 bits per heavy atom. The number of anilines is 1. The van der Waals surface area contributed by atoms with E-state index in [1.807, 2.05) is 44.2 Å². The van der Waals surface area contributed by atoms with Crippen LogP contribution >= 0.6 is 0 Å². The van der Waals surface area contributed by atoms with Crippen LogP contribution in [0.25, 0.3) is 5.69 Å². The summed E-state index contributed by atoms with van der Waals surface area (Å²) in [5.74, 6) is 0.256. The standard InChI is InChI=1S/C15H15N5O/c1-10-11(2)17-18-14(10)16-15(21)13-8-9-20(19-13)12-6-4-3-5-7-12/h3-9H,1-2H3,(H2,16,17,18,21). The van der Waals surface area contributed by atoms with E-state index in [0.29, 0.717) is 11.5 Å². The van der Waals surface area contributed by atoms with Crippen LogP contribution in [-0.4, -0.2) is 25.9 Å². The van der Waals surface area contributed by atoms with Crippen LogP contribution in [0.5, 0.6) is 0 Å². The first-order valence-electron chi connectivity index (χ1n) is 6.59. The summed E-state index contributed by atoms with van der Waals surface area (Å²) in [5, 5.41) is 13.9. The zero-order valence-electron chi connectivity index (χ0n) is 11.8. The molecular formula is C15H15N5O. The Hall–Kier alpha value is -2.89. The number of carbonyl (C=O) groups excluding carboxylic acids is 1. The number of aromatic amines is 1. The summed E-state index contributed by atoms with van der Waals surface area (Å²) in [6.45, 7) is 3.80. The molecule has 1 amide bonds. The number of benzene rings is 1. The van der Waals surface area contributed by atoms with Crippen molar-refractivity contribution >= 4 is 11.7 Å². The minimum Gasteiger partial charge on any atom is -0.303 e. The number of rotatable bonds is 3. The van der Waals surface area contributed by atoms with E-state index in [0.717, 1.165) is 16.9 Å². The molecule has 2 heterocycles. The highest BCUT2D eigenvalue weighted by molar-refractivity contribution is 6.02. The second-order valence-corrected chi connectivity index (χ2v) is 4.76. The van der Waals surface area contributed by atoms with Gasteiger partial charge in [-0.1, -0.05) is 18.2 Å². The van der Waals surface area contributed by atoms with Gasteiger partial charge in [0.25, 0.3) is 5.91 Å². The van der Waals surface area contributed by atoms with Crippen LogP contribution < -0.4 is 5.32 Å². The van der Waals surface area contributed by atoms with E-state index in [1.165, 1.54) is 0 Å². The molecule has 21 heavy (non-hydrogen) atoms. The van der Waals surface area contributed by atoms with Crippen LogP contribution in [0.15, 0.2) is 42.6 Å². The molecule has 0 saturated heterocycles. The molecule has 1 aromatic carbocycles. The minimum atomic E-state index is -0.278. The molecule has 0 unspecified atom stereocenters. The summed E-state index contributed by atoms with van der Waals surface area (Å²) in [6.07, 6.45) is 1.76. The van der Waals surface area contributed by atoms with Crippen LogP contribution in [0, 0.1) is 13.8 Å². The molecule has 0 bridgehead atoms. The molecule has 0 saturated carbocycles. The highest BCUT2D eigenvalue weighted by Crippen LogP contribution is 2.15.